The van der Waals surface area contributed by atoms with Crippen molar-refractivity contribution in [2.75, 3.05) is 11.4 Å². The average Bonchev–Trinajstić information content (AvgIpc) is 3.26. The van der Waals surface area contributed by atoms with Crippen molar-refractivity contribution in [1.29, 1.82) is 0 Å². The standard InChI is InChI=1S/C21H26N2O2/c1-14-9-11-21(12-10-14)18-17(16-8-5-13-22(16)21)19(24)23(20(18)25)15-6-3-2-4-7-15/h2-4,6-7,14,16-18H,5,8-13H2,1H3/p+1/t14?,16-,17+,18+,21?/m1/s1. The molecule has 4 fully saturated rings. The van der Waals surface area contributed by atoms with Gasteiger partial charge in [0.2, 0.25) is 11.8 Å². The van der Waals surface area contributed by atoms with E-state index in [4.69, 9.17) is 0 Å². The number of fused-ring (bicyclic) bond motifs is 5. The van der Waals surface area contributed by atoms with Crippen molar-refractivity contribution in [3.05, 3.63) is 30.3 Å². The molecule has 3 heterocycles. The first kappa shape index (κ1) is 15.6. The van der Waals surface area contributed by atoms with Crippen molar-refractivity contribution in [3.63, 3.8) is 0 Å². The van der Waals surface area contributed by atoms with Gasteiger partial charge in [-0.2, -0.15) is 0 Å². The van der Waals surface area contributed by atoms with E-state index in [2.05, 4.69) is 6.92 Å². The fraction of sp³-hybridized carbons (Fsp3) is 0.619. The number of carbonyl (C=O) groups is 2. The third-order valence-corrected chi connectivity index (χ3v) is 7.61. The molecular weight excluding hydrogens is 312 g/mol. The highest BCUT2D eigenvalue weighted by atomic mass is 16.2. The first-order valence-electron chi connectivity index (χ1n) is 9.92. The number of rotatable bonds is 1. The Bertz CT molecular complexity index is 708. The first-order chi connectivity index (χ1) is 12.1. The Labute approximate surface area is 149 Å². The van der Waals surface area contributed by atoms with E-state index in [0.29, 0.717) is 6.04 Å². The summed E-state index contributed by atoms with van der Waals surface area (Å²) in [5.74, 6) is 0.730. The van der Waals surface area contributed by atoms with E-state index < -0.39 is 0 Å². The number of para-hydroxylation sites is 1. The molecule has 132 valence electrons. The van der Waals surface area contributed by atoms with Crippen molar-refractivity contribution in [2.45, 2.75) is 57.0 Å². The first-order valence-corrected chi connectivity index (χ1v) is 9.92. The Morgan fingerprint density at radius 3 is 2.48 bits per heavy atom. The Kier molecular flexibility index (Phi) is 3.37. The number of imide groups is 1. The van der Waals surface area contributed by atoms with Crippen LogP contribution >= 0.6 is 0 Å². The van der Waals surface area contributed by atoms with Crippen LogP contribution in [0, 0.1) is 17.8 Å². The van der Waals surface area contributed by atoms with Gasteiger partial charge >= 0.3 is 0 Å². The minimum Gasteiger partial charge on any atom is -0.326 e. The molecule has 4 nitrogen and oxygen atoms in total. The van der Waals surface area contributed by atoms with Gasteiger partial charge in [0.05, 0.1) is 12.2 Å². The highest BCUT2D eigenvalue weighted by Gasteiger charge is 2.72. The molecule has 2 amide bonds. The molecule has 5 rings (SSSR count). The monoisotopic (exact) mass is 339 g/mol. The molecule has 3 aliphatic heterocycles. The SMILES string of the molecule is CC1CCC2(CC1)[C@@H]1C(=O)N(c3ccccc3)C(=O)[C@H]1[C@H]1CCC[NH+]12. The Morgan fingerprint density at radius 1 is 1.04 bits per heavy atom. The third-order valence-electron chi connectivity index (χ3n) is 7.61. The maximum atomic E-state index is 13.5. The molecule has 4 aliphatic rings. The molecule has 1 spiro atoms. The van der Waals surface area contributed by atoms with Crippen LogP contribution in [0.25, 0.3) is 0 Å². The Morgan fingerprint density at radius 2 is 1.76 bits per heavy atom. The van der Waals surface area contributed by atoms with Gasteiger partial charge in [-0.05, 0) is 30.9 Å². The molecule has 1 aromatic rings. The maximum Gasteiger partial charge on any atom is 0.244 e. The number of nitrogens with one attached hydrogen (secondary N) is 1. The van der Waals surface area contributed by atoms with Crippen LogP contribution in [-0.2, 0) is 9.59 Å². The summed E-state index contributed by atoms with van der Waals surface area (Å²) in [7, 11) is 0. The molecule has 1 saturated carbocycles. The van der Waals surface area contributed by atoms with Gasteiger partial charge in [-0.25, -0.2) is 4.90 Å². The minimum absolute atomic E-state index is 0.0224. The van der Waals surface area contributed by atoms with Gasteiger partial charge in [0, 0.05) is 25.7 Å². The fourth-order valence-electron chi connectivity index (χ4n) is 6.50. The largest absolute Gasteiger partial charge is 0.326 e. The Hall–Kier alpha value is -1.68. The van der Waals surface area contributed by atoms with Gasteiger partial charge < -0.3 is 4.90 Å². The lowest BCUT2D eigenvalue weighted by molar-refractivity contribution is -0.954. The summed E-state index contributed by atoms with van der Waals surface area (Å²) >= 11 is 0. The lowest BCUT2D eigenvalue weighted by Crippen LogP contribution is -3.20. The van der Waals surface area contributed by atoms with E-state index in [-0.39, 0.29) is 29.2 Å². The van der Waals surface area contributed by atoms with Crippen molar-refractivity contribution >= 4 is 17.5 Å². The van der Waals surface area contributed by atoms with Gasteiger partial charge in [-0.15, -0.1) is 0 Å². The second kappa shape index (κ2) is 5.41. The van der Waals surface area contributed by atoms with Crippen LogP contribution in [0.2, 0.25) is 0 Å². The minimum atomic E-state index is -0.0898. The van der Waals surface area contributed by atoms with Gasteiger partial charge in [-0.3, -0.25) is 9.59 Å². The molecule has 0 aromatic heterocycles. The number of hydrogen-bond acceptors (Lipinski definition) is 2. The summed E-state index contributed by atoms with van der Waals surface area (Å²) in [4.78, 5) is 29.9. The predicted molar refractivity (Wildman–Crippen MR) is 95.1 cm³/mol. The number of amides is 2. The van der Waals surface area contributed by atoms with Crippen LogP contribution in [-0.4, -0.2) is 29.9 Å². The van der Waals surface area contributed by atoms with E-state index in [1.165, 1.54) is 24.2 Å². The van der Waals surface area contributed by atoms with Gasteiger partial charge in [-0.1, -0.05) is 25.1 Å². The van der Waals surface area contributed by atoms with Crippen LogP contribution in [0.5, 0.6) is 0 Å². The number of anilines is 1. The molecule has 25 heavy (non-hydrogen) atoms. The number of nitrogens with zero attached hydrogens (tertiary/aromatic N) is 1. The second-order valence-corrected chi connectivity index (χ2v) is 8.71. The number of hydrogen-bond donors (Lipinski definition) is 1. The predicted octanol–water partition coefficient (Wildman–Crippen LogP) is 1.80. The number of carbonyl (C=O) groups excluding carboxylic acids is 2. The van der Waals surface area contributed by atoms with E-state index in [0.717, 1.165) is 37.4 Å². The molecule has 1 aliphatic carbocycles. The number of benzene rings is 1. The van der Waals surface area contributed by atoms with Crippen LogP contribution < -0.4 is 9.80 Å². The summed E-state index contributed by atoms with van der Waals surface area (Å²) in [6.45, 7) is 3.48. The number of quaternary nitrogens is 1. The van der Waals surface area contributed by atoms with Crippen molar-refractivity contribution in [2.24, 2.45) is 17.8 Å². The average molecular weight is 339 g/mol. The lowest BCUT2D eigenvalue weighted by atomic mass is 9.68. The summed E-state index contributed by atoms with van der Waals surface area (Å²) in [6.07, 6.45) is 6.94. The molecule has 4 atom stereocenters. The summed E-state index contributed by atoms with van der Waals surface area (Å²) in [5, 5.41) is 0. The quantitative estimate of drug-likeness (QED) is 0.793. The van der Waals surface area contributed by atoms with Gasteiger partial charge in [0.15, 0.2) is 0 Å². The fourth-order valence-corrected chi connectivity index (χ4v) is 6.50. The molecule has 0 radical (unpaired) electrons. The Balaban J connectivity index is 1.58. The van der Waals surface area contributed by atoms with E-state index in [1.54, 1.807) is 4.90 Å². The molecular formula is C21H27N2O2+. The summed E-state index contributed by atoms with van der Waals surface area (Å²) in [5.41, 5.74) is 0.778. The van der Waals surface area contributed by atoms with Crippen LogP contribution in [0.1, 0.15) is 45.4 Å². The zero-order valence-corrected chi connectivity index (χ0v) is 14.9. The topological polar surface area (TPSA) is 41.8 Å². The molecule has 0 bridgehead atoms. The highest BCUT2D eigenvalue weighted by molar-refractivity contribution is 6.22. The van der Waals surface area contributed by atoms with Crippen LogP contribution in [0.4, 0.5) is 5.69 Å². The molecule has 1 N–H and O–H groups in total. The van der Waals surface area contributed by atoms with Gasteiger partial charge in [0.1, 0.15) is 23.4 Å². The molecule has 1 aromatic carbocycles. The van der Waals surface area contributed by atoms with E-state index >= 15 is 0 Å². The molecule has 1 unspecified atom stereocenters. The summed E-state index contributed by atoms with van der Waals surface area (Å²) in [6, 6.07) is 9.91. The molecule has 3 saturated heterocycles. The van der Waals surface area contributed by atoms with E-state index in [9.17, 15) is 9.59 Å². The zero-order chi connectivity index (χ0) is 17.2. The van der Waals surface area contributed by atoms with Gasteiger partial charge in [0.25, 0.3) is 0 Å². The second-order valence-electron chi connectivity index (χ2n) is 8.71. The lowest BCUT2D eigenvalue weighted by Gasteiger charge is -2.42. The normalized spacial score (nSPS) is 42.9. The van der Waals surface area contributed by atoms with Crippen molar-refractivity contribution < 1.29 is 14.5 Å². The maximum absolute atomic E-state index is 13.5. The zero-order valence-electron chi connectivity index (χ0n) is 14.9. The summed E-state index contributed by atoms with van der Waals surface area (Å²) < 4.78 is 0. The third kappa shape index (κ3) is 1.97. The highest BCUT2D eigenvalue weighted by Crippen LogP contribution is 2.49. The van der Waals surface area contributed by atoms with Crippen molar-refractivity contribution in [3.8, 4) is 0 Å². The smallest absolute Gasteiger partial charge is 0.244 e. The van der Waals surface area contributed by atoms with Crippen LogP contribution in [0.15, 0.2) is 30.3 Å². The van der Waals surface area contributed by atoms with Crippen molar-refractivity contribution in [1.82, 2.24) is 0 Å². The van der Waals surface area contributed by atoms with E-state index in [1.807, 2.05) is 30.3 Å². The molecule has 4 heteroatoms. The van der Waals surface area contributed by atoms with Crippen LogP contribution in [0.3, 0.4) is 0 Å².